The van der Waals surface area contributed by atoms with Crippen molar-refractivity contribution in [3.05, 3.63) is 23.2 Å². The van der Waals surface area contributed by atoms with Crippen LogP contribution in [0.3, 0.4) is 0 Å². The zero-order valence-corrected chi connectivity index (χ0v) is 12.4. The molecule has 19 heavy (non-hydrogen) atoms. The van der Waals surface area contributed by atoms with Crippen LogP contribution >= 0.6 is 11.6 Å². The third-order valence-electron chi connectivity index (χ3n) is 2.73. The van der Waals surface area contributed by atoms with Crippen molar-refractivity contribution < 1.29 is 9.47 Å². The summed E-state index contributed by atoms with van der Waals surface area (Å²) in [6.45, 7) is 8.31. The molecular weight excluding hydrogens is 264 g/mol. The van der Waals surface area contributed by atoms with Crippen LogP contribution in [0.5, 0.6) is 0 Å². The second-order valence-electron chi connectivity index (χ2n) is 4.09. The van der Waals surface area contributed by atoms with Gasteiger partial charge in [0.05, 0.1) is 23.9 Å². The van der Waals surface area contributed by atoms with E-state index < -0.39 is 0 Å². The van der Waals surface area contributed by atoms with E-state index in [9.17, 15) is 0 Å². The first-order valence-electron chi connectivity index (χ1n) is 6.64. The van der Waals surface area contributed by atoms with Crippen molar-refractivity contribution in [1.82, 2.24) is 0 Å². The number of nitrogens with zero attached hydrogens (tertiary/aromatic N) is 1. The van der Waals surface area contributed by atoms with Gasteiger partial charge in [-0.2, -0.15) is 0 Å². The Hall–Kier alpha value is -0.970. The first-order chi connectivity index (χ1) is 9.19. The first kappa shape index (κ1) is 16.1. The van der Waals surface area contributed by atoms with Crippen LogP contribution in [0.2, 0.25) is 5.02 Å². The predicted octanol–water partition coefficient (Wildman–Crippen LogP) is 2.80. The normalized spacial score (nSPS) is 10.7. The van der Waals surface area contributed by atoms with Crippen molar-refractivity contribution >= 4 is 23.0 Å². The summed E-state index contributed by atoms with van der Waals surface area (Å²) < 4.78 is 10.8. The summed E-state index contributed by atoms with van der Waals surface area (Å²) in [6, 6.07) is 5.57. The lowest BCUT2D eigenvalue weighted by Gasteiger charge is -2.25. The summed E-state index contributed by atoms with van der Waals surface area (Å²) in [7, 11) is 0. The maximum Gasteiger partial charge on any atom is 0.0660 e. The molecule has 0 heterocycles. The van der Waals surface area contributed by atoms with Crippen LogP contribution in [0.4, 0.5) is 11.4 Å². The lowest BCUT2D eigenvalue weighted by Crippen LogP contribution is -2.31. The van der Waals surface area contributed by atoms with Gasteiger partial charge in [-0.25, -0.2) is 0 Å². The summed E-state index contributed by atoms with van der Waals surface area (Å²) in [6.07, 6.45) is 0. The maximum absolute atomic E-state index is 6.25. The molecule has 0 aliphatic rings. The molecule has 5 heteroatoms. The van der Waals surface area contributed by atoms with Gasteiger partial charge in [0.1, 0.15) is 0 Å². The summed E-state index contributed by atoms with van der Waals surface area (Å²) in [4.78, 5) is 2.16. The average molecular weight is 287 g/mol. The smallest absolute Gasteiger partial charge is 0.0660 e. The summed E-state index contributed by atoms with van der Waals surface area (Å²) in [5, 5.41) is 0.660. The van der Waals surface area contributed by atoms with Crippen molar-refractivity contribution in [3.63, 3.8) is 0 Å². The highest BCUT2D eigenvalue weighted by atomic mass is 35.5. The quantitative estimate of drug-likeness (QED) is 0.560. The fraction of sp³-hybridized carbons (Fsp3) is 0.571. The molecule has 0 saturated carbocycles. The minimum Gasteiger partial charge on any atom is -0.399 e. The lowest BCUT2D eigenvalue weighted by molar-refractivity contribution is 0.141. The van der Waals surface area contributed by atoms with Crippen LogP contribution in [0.1, 0.15) is 13.8 Å². The Morgan fingerprint density at radius 3 is 2.16 bits per heavy atom. The summed E-state index contributed by atoms with van der Waals surface area (Å²) >= 11 is 6.25. The SMILES string of the molecule is CCOCCN(CCOCC)c1ccc(N)cc1Cl. The van der Waals surface area contributed by atoms with E-state index in [4.69, 9.17) is 26.8 Å². The molecule has 0 atom stereocenters. The van der Waals surface area contributed by atoms with Gasteiger partial charge >= 0.3 is 0 Å². The zero-order chi connectivity index (χ0) is 14.1. The predicted molar refractivity (Wildman–Crippen MR) is 81.1 cm³/mol. The number of nitrogen functional groups attached to an aromatic ring is 1. The molecule has 1 aromatic rings. The minimum absolute atomic E-state index is 0.660. The molecule has 2 N–H and O–H groups in total. The molecule has 0 saturated heterocycles. The highest BCUT2D eigenvalue weighted by molar-refractivity contribution is 6.33. The molecule has 0 amide bonds. The van der Waals surface area contributed by atoms with Gasteiger partial charge in [0.2, 0.25) is 0 Å². The number of rotatable bonds is 9. The van der Waals surface area contributed by atoms with E-state index in [0.29, 0.717) is 23.9 Å². The van der Waals surface area contributed by atoms with Crippen LogP contribution in [0, 0.1) is 0 Å². The summed E-state index contributed by atoms with van der Waals surface area (Å²) in [5.74, 6) is 0. The van der Waals surface area contributed by atoms with Gasteiger partial charge in [-0.05, 0) is 32.0 Å². The Morgan fingerprint density at radius 1 is 1.11 bits per heavy atom. The number of hydrogen-bond acceptors (Lipinski definition) is 4. The van der Waals surface area contributed by atoms with Crippen LogP contribution in [0.25, 0.3) is 0 Å². The molecule has 0 aliphatic heterocycles. The number of benzene rings is 1. The number of hydrogen-bond donors (Lipinski definition) is 1. The van der Waals surface area contributed by atoms with Gasteiger partial charge in [0, 0.05) is 32.0 Å². The molecule has 1 aromatic carbocycles. The number of ether oxygens (including phenoxy) is 2. The second kappa shape index (κ2) is 9.02. The topological polar surface area (TPSA) is 47.7 Å². The Balaban J connectivity index is 2.69. The Kier molecular flexibility index (Phi) is 7.63. The zero-order valence-electron chi connectivity index (χ0n) is 11.7. The number of anilines is 2. The van der Waals surface area contributed by atoms with Crippen molar-refractivity contribution in [2.24, 2.45) is 0 Å². The van der Waals surface area contributed by atoms with E-state index in [1.54, 1.807) is 6.07 Å². The molecule has 0 unspecified atom stereocenters. The molecule has 0 radical (unpaired) electrons. The van der Waals surface area contributed by atoms with E-state index in [2.05, 4.69) is 4.90 Å². The molecule has 1 rings (SSSR count). The first-order valence-corrected chi connectivity index (χ1v) is 7.02. The molecule has 0 aromatic heterocycles. The largest absolute Gasteiger partial charge is 0.399 e. The van der Waals surface area contributed by atoms with Crippen LogP contribution in [-0.4, -0.2) is 39.5 Å². The van der Waals surface area contributed by atoms with E-state index in [0.717, 1.165) is 32.0 Å². The highest BCUT2D eigenvalue weighted by Crippen LogP contribution is 2.27. The van der Waals surface area contributed by atoms with Gasteiger partial charge < -0.3 is 20.1 Å². The Bertz CT molecular complexity index is 364. The third kappa shape index (κ3) is 5.68. The minimum atomic E-state index is 0.660. The third-order valence-corrected chi connectivity index (χ3v) is 3.03. The fourth-order valence-electron chi connectivity index (χ4n) is 1.77. The van der Waals surface area contributed by atoms with Crippen molar-refractivity contribution in [2.75, 3.05) is 50.2 Å². The Morgan fingerprint density at radius 2 is 1.68 bits per heavy atom. The van der Waals surface area contributed by atoms with Crippen molar-refractivity contribution in [3.8, 4) is 0 Å². The standard InChI is InChI=1S/C14H23ClN2O2/c1-3-18-9-7-17(8-10-19-4-2)14-6-5-12(16)11-13(14)15/h5-6,11H,3-4,7-10,16H2,1-2H3. The van der Waals surface area contributed by atoms with Crippen LogP contribution in [0.15, 0.2) is 18.2 Å². The molecule has 0 aliphatic carbocycles. The van der Waals surface area contributed by atoms with Gasteiger partial charge in [-0.1, -0.05) is 11.6 Å². The van der Waals surface area contributed by atoms with E-state index in [1.165, 1.54) is 0 Å². The maximum atomic E-state index is 6.25. The number of nitrogens with two attached hydrogens (primary N) is 1. The molecule has 0 spiro atoms. The number of halogens is 1. The van der Waals surface area contributed by atoms with Crippen LogP contribution in [-0.2, 0) is 9.47 Å². The second-order valence-corrected chi connectivity index (χ2v) is 4.50. The highest BCUT2D eigenvalue weighted by Gasteiger charge is 2.10. The molecule has 0 fully saturated rings. The van der Waals surface area contributed by atoms with Crippen molar-refractivity contribution in [1.29, 1.82) is 0 Å². The van der Waals surface area contributed by atoms with Gasteiger partial charge in [-0.3, -0.25) is 0 Å². The van der Waals surface area contributed by atoms with Gasteiger partial charge in [-0.15, -0.1) is 0 Å². The Labute approximate surface area is 120 Å². The van der Waals surface area contributed by atoms with Gasteiger partial charge in [0.25, 0.3) is 0 Å². The lowest BCUT2D eigenvalue weighted by atomic mass is 10.2. The average Bonchev–Trinajstić information content (AvgIpc) is 2.38. The van der Waals surface area contributed by atoms with Gasteiger partial charge in [0.15, 0.2) is 0 Å². The molecule has 108 valence electrons. The monoisotopic (exact) mass is 286 g/mol. The van der Waals surface area contributed by atoms with Crippen molar-refractivity contribution in [2.45, 2.75) is 13.8 Å². The molecular formula is C14H23ClN2O2. The van der Waals surface area contributed by atoms with Crippen LogP contribution < -0.4 is 10.6 Å². The van der Waals surface area contributed by atoms with E-state index >= 15 is 0 Å². The fourth-order valence-corrected chi connectivity index (χ4v) is 2.08. The molecule has 4 nitrogen and oxygen atoms in total. The summed E-state index contributed by atoms with van der Waals surface area (Å²) in [5.41, 5.74) is 7.36. The van der Waals surface area contributed by atoms with E-state index in [-0.39, 0.29) is 0 Å². The molecule has 0 bridgehead atoms. The van der Waals surface area contributed by atoms with E-state index in [1.807, 2.05) is 26.0 Å².